The van der Waals surface area contributed by atoms with E-state index >= 15 is 0 Å². The van der Waals surface area contributed by atoms with Gasteiger partial charge in [0.1, 0.15) is 11.4 Å². The fourth-order valence-corrected chi connectivity index (χ4v) is 2.29. The molecule has 0 spiro atoms. The molecule has 78 valence electrons. The molecule has 1 aromatic rings. The molecule has 1 saturated heterocycles. The van der Waals surface area contributed by atoms with Gasteiger partial charge in [0.25, 0.3) is 0 Å². The van der Waals surface area contributed by atoms with E-state index < -0.39 is 0 Å². The highest BCUT2D eigenvalue weighted by Crippen LogP contribution is 2.28. The second-order valence-electron chi connectivity index (χ2n) is 4.04. The molecule has 2 nitrogen and oxygen atoms in total. The van der Waals surface area contributed by atoms with Gasteiger partial charge in [-0.2, -0.15) is 0 Å². The third-order valence-electron chi connectivity index (χ3n) is 2.42. The van der Waals surface area contributed by atoms with Crippen molar-refractivity contribution in [2.45, 2.75) is 12.5 Å². The van der Waals surface area contributed by atoms with Crippen LogP contribution in [0.25, 0.3) is 0 Å². The first-order valence-corrected chi connectivity index (χ1v) is 5.21. The van der Waals surface area contributed by atoms with Gasteiger partial charge in [-0.05, 0) is 31.2 Å². The molecule has 3 heteroatoms. The molecule has 0 unspecified atom stereocenters. The van der Waals surface area contributed by atoms with Crippen LogP contribution in [0.5, 0.6) is 5.75 Å². The molecule has 0 aromatic heterocycles. The van der Waals surface area contributed by atoms with Crippen molar-refractivity contribution in [3.05, 3.63) is 29.8 Å². The fraction of sp³-hybridized carbons (Fsp3) is 0.333. The lowest BCUT2D eigenvalue weighted by atomic mass is 10.00. The number of rotatable bonds is 2. The molecule has 0 atom stereocenters. The maximum absolute atomic E-state index is 5.85. The molecule has 0 amide bonds. The molecule has 0 saturated carbocycles. The van der Waals surface area contributed by atoms with E-state index in [1.54, 1.807) is 0 Å². The van der Waals surface area contributed by atoms with Gasteiger partial charge in [0.05, 0.1) is 0 Å². The van der Waals surface area contributed by atoms with Gasteiger partial charge in [-0.1, -0.05) is 18.7 Å². The summed E-state index contributed by atoms with van der Waals surface area (Å²) in [5.74, 6) is 3.44. The summed E-state index contributed by atoms with van der Waals surface area (Å²) in [6, 6.07) is 7.58. The van der Waals surface area contributed by atoms with Crippen molar-refractivity contribution in [2.75, 3.05) is 13.1 Å². The Morgan fingerprint density at radius 1 is 1.40 bits per heavy atom. The summed E-state index contributed by atoms with van der Waals surface area (Å²) < 4.78 is 7.77. The highest BCUT2D eigenvalue weighted by atomic mass is 32.1. The summed E-state index contributed by atoms with van der Waals surface area (Å²) in [5.41, 5.74) is 0.760. The van der Waals surface area contributed by atoms with E-state index in [2.05, 4.69) is 25.7 Å². The van der Waals surface area contributed by atoms with Gasteiger partial charge >= 0.3 is 0 Å². The zero-order chi connectivity index (χ0) is 10.9. The molecule has 1 aromatic carbocycles. The van der Waals surface area contributed by atoms with Crippen LogP contribution in [-0.4, -0.2) is 23.0 Å². The number of thiol groups is 1. The average Bonchev–Trinajstić information content (AvgIpc) is 2.17. The normalized spacial score (nSPS) is 19.0. The van der Waals surface area contributed by atoms with E-state index in [9.17, 15) is 0 Å². The van der Waals surface area contributed by atoms with E-state index in [1.807, 2.05) is 28.6 Å². The monoisotopic (exact) mass is 219 g/mol. The van der Waals surface area contributed by atoms with Crippen molar-refractivity contribution >= 4 is 12.8 Å². The summed E-state index contributed by atoms with van der Waals surface area (Å²) in [5, 5.41) is 0. The summed E-state index contributed by atoms with van der Waals surface area (Å²) in [4.78, 5) is 0. The lowest BCUT2D eigenvalue weighted by Gasteiger charge is -2.44. The molecule has 1 fully saturated rings. The van der Waals surface area contributed by atoms with Crippen LogP contribution in [0, 0.1) is 12.3 Å². The topological polar surface area (TPSA) is 12.5 Å². The molecule has 15 heavy (non-hydrogen) atoms. The van der Waals surface area contributed by atoms with Crippen LogP contribution in [0.4, 0.5) is 0 Å². The highest BCUT2D eigenvalue weighted by molar-refractivity contribution is 7.77. The van der Waals surface area contributed by atoms with Crippen LogP contribution in [-0.2, 0) is 0 Å². The first-order valence-electron chi connectivity index (χ1n) is 4.81. The Hall–Kier alpha value is -1.11. The molecule has 1 aliphatic heterocycles. The van der Waals surface area contributed by atoms with E-state index in [0.29, 0.717) is 0 Å². The first kappa shape index (κ1) is 10.4. The van der Waals surface area contributed by atoms with Crippen LogP contribution in [0.15, 0.2) is 24.3 Å². The van der Waals surface area contributed by atoms with E-state index in [0.717, 1.165) is 24.4 Å². The largest absolute Gasteiger partial charge is 0.485 e. The van der Waals surface area contributed by atoms with Crippen molar-refractivity contribution in [3.63, 3.8) is 0 Å². The Bertz CT molecular complexity index is 387. The Morgan fingerprint density at radius 3 is 2.47 bits per heavy atom. The molecule has 1 heterocycles. The summed E-state index contributed by atoms with van der Waals surface area (Å²) >= 11 is 4.22. The third kappa shape index (κ3) is 2.28. The van der Waals surface area contributed by atoms with E-state index in [4.69, 9.17) is 11.2 Å². The lowest BCUT2D eigenvalue weighted by Crippen LogP contribution is -2.59. The Balaban J connectivity index is 2.03. The number of hydrogen-bond acceptors (Lipinski definition) is 3. The van der Waals surface area contributed by atoms with E-state index in [-0.39, 0.29) is 5.60 Å². The summed E-state index contributed by atoms with van der Waals surface area (Å²) in [6.45, 7) is 3.76. The van der Waals surface area contributed by atoms with Crippen molar-refractivity contribution in [1.29, 1.82) is 0 Å². The van der Waals surface area contributed by atoms with Gasteiger partial charge < -0.3 is 4.74 Å². The van der Waals surface area contributed by atoms with Crippen molar-refractivity contribution in [1.82, 2.24) is 4.31 Å². The van der Waals surface area contributed by atoms with Crippen LogP contribution < -0.4 is 4.74 Å². The van der Waals surface area contributed by atoms with Crippen LogP contribution in [0.3, 0.4) is 0 Å². The standard InChI is InChI=1S/C12H13NOS/c1-3-10-4-6-11(7-5-10)14-12(2)8-13(15)9-12/h1,4-7,15H,8-9H2,2H3. The highest BCUT2D eigenvalue weighted by Gasteiger charge is 2.39. The smallest absolute Gasteiger partial charge is 0.133 e. The maximum atomic E-state index is 5.85. The minimum atomic E-state index is -0.112. The van der Waals surface area contributed by atoms with E-state index in [1.165, 1.54) is 0 Å². The minimum Gasteiger partial charge on any atom is -0.485 e. The predicted octanol–water partition coefficient (Wildman–Crippen LogP) is 1.97. The average molecular weight is 219 g/mol. The summed E-state index contributed by atoms with van der Waals surface area (Å²) in [6.07, 6.45) is 5.28. The lowest BCUT2D eigenvalue weighted by molar-refractivity contribution is -0.0133. The Kier molecular flexibility index (Phi) is 2.64. The van der Waals surface area contributed by atoms with Crippen LogP contribution in [0.2, 0.25) is 0 Å². The molecule has 2 rings (SSSR count). The van der Waals surface area contributed by atoms with Gasteiger partial charge in [-0.15, -0.1) is 6.42 Å². The SMILES string of the molecule is C#Cc1ccc(OC2(C)CN(S)C2)cc1. The number of nitrogens with zero attached hydrogens (tertiary/aromatic N) is 1. The molecule has 1 aliphatic rings. The molecular formula is C12H13NOS. The number of ether oxygens (including phenoxy) is 1. The van der Waals surface area contributed by atoms with Crippen LogP contribution in [0.1, 0.15) is 12.5 Å². The van der Waals surface area contributed by atoms with Crippen molar-refractivity contribution in [2.24, 2.45) is 0 Å². The zero-order valence-corrected chi connectivity index (χ0v) is 9.50. The quantitative estimate of drug-likeness (QED) is 0.603. The van der Waals surface area contributed by atoms with Crippen molar-refractivity contribution < 1.29 is 4.74 Å². The van der Waals surface area contributed by atoms with Gasteiger partial charge in [-0.3, -0.25) is 0 Å². The maximum Gasteiger partial charge on any atom is 0.133 e. The molecule has 0 aliphatic carbocycles. The first-order chi connectivity index (χ1) is 7.11. The van der Waals surface area contributed by atoms with Gasteiger partial charge in [0.15, 0.2) is 0 Å². The predicted molar refractivity (Wildman–Crippen MR) is 64.0 cm³/mol. The fourth-order valence-electron chi connectivity index (χ4n) is 1.69. The summed E-state index contributed by atoms with van der Waals surface area (Å²) in [7, 11) is 0. The number of benzene rings is 1. The second-order valence-corrected chi connectivity index (χ2v) is 4.61. The second kappa shape index (κ2) is 3.80. The van der Waals surface area contributed by atoms with Gasteiger partial charge in [0.2, 0.25) is 0 Å². The minimum absolute atomic E-state index is 0.112. The zero-order valence-electron chi connectivity index (χ0n) is 8.60. The molecular weight excluding hydrogens is 206 g/mol. The van der Waals surface area contributed by atoms with Gasteiger partial charge in [-0.25, -0.2) is 4.31 Å². The Morgan fingerprint density at radius 2 is 2.00 bits per heavy atom. The Labute approximate surface area is 95.8 Å². The van der Waals surface area contributed by atoms with Gasteiger partial charge in [0, 0.05) is 18.7 Å². The molecule has 0 radical (unpaired) electrons. The number of terminal acetylenes is 1. The molecule has 0 bridgehead atoms. The number of hydrogen-bond donors (Lipinski definition) is 1. The van der Waals surface area contributed by atoms with Crippen molar-refractivity contribution in [3.8, 4) is 18.1 Å². The molecule has 0 N–H and O–H groups in total. The van der Waals surface area contributed by atoms with Crippen LogP contribution >= 0.6 is 12.8 Å². The third-order valence-corrected chi connectivity index (χ3v) is 2.70.